The summed E-state index contributed by atoms with van der Waals surface area (Å²) in [6.07, 6.45) is 7.18. The fraction of sp³-hybridized carbons (Fsp3) is 0.714. The van der Waals surface area contributed by atoms with Crippen LogP contribution in [-0.2, 0) is 11.3 Å². The smallest absolute Gasteiger partial charge is 0.407 e. The Morgan fingerprint density at radius 1 is 1.25 bits per heavy atom. The number of ether oxygens (including phenoxy) is 1. The van der Waals surface area contributed by atoms with Gasteiger partial charge < -0.3 is 19.9 Å². The molecule has 20 heavy (non-hydrogen) atoms. The highest BCUT2D eigenvalue weighted by Crippen LogP contribution is 2.06. The fourth-order valence-electron chi connectivity index (χ4n) is 1.65. The van der Waals surface area contributed by atoms with Crippen molar-refractivity contribution in [1.82, 2.24) is 20.2 Å². The highest BCUT2D eigenvalue weighted by molar-refractivity contribution is 5.67. The Bertz CT molecular complexity index is 371. The van der Waals surface area contributed by atoms with Gasteiger partial charge in [0, 0.05) is 25.5 Å². The third-order valence-electron chi connectivity index (χ3n) is 2.53. The predicted octanol–water partition coefficient (Wildman–Crippen LogP) is 1.78. The summed E-state index contributed by atoms with van der Waals surface area (Å²) in [5, 5.41) is 6.08. The highest BCUT2D eigenvalue weighted by Gasteiger charge is 2.15. The molecule has 2 N–H and O–H groups in total. The topological polar surface area (TPSA) is 68.2 Å². The van der Waals surface area contributed by atoms with Gasteiger partial charge in [-0.3, -0.25) is 0 Å². The largest absolute Gasteiger partial charge is 0.444 e. The molecule has 1 aromatic rings. The molecule has 0 bridgehead atoms. The molecule has 114 valence electrons. The molecule has 0 aliphatic heterocycles. The van der Waals surface area contributed by atoms with Gasteiger partial charge in [0.25, 0.3) is 0 Å². The number of imidazole rings is 1. The van der Waals surface area contributed by atoms with Crippen LogP contribution in [0.2, 0.25) is 0 Å². The van der Waals surface area contributed by atoms with Gasteiger partial charge in [-0.2, -0.15) is 0 Å². The lowest BCUT2D eigenvalue weighted by atomic mass is 10.2. The third kappa shape index (κ3) is 8.53. The predicted molar refractivity (Wildman–Crippen MR) is 78.6 cm³/mol. The Kier molecular flexibility index (Phi) is 7.08. The molecule has 6 heteroatoms. The van der Waals surface area contributed by atoms with E-state index < -0.39 is 5.60 Å². The van der Waals surface area contributed by atoms with Gasteiger partial charge in [0.2, 0.25) is 0 Å². The molecule has 0 saturated carbocycles. The Morgan fingerprint density at radius 3 is 2.65 bits per heavy atom. The molecule has 1 aromatic heterocycles. The number of alkyl carbamates (subject to hydrolysis) is 1. The summed E-state index contributed by atoms with van der Waals surface area (Å²) in [6.45, 7) is 9.02. The van der Waals surface area contributed by atoms with Crippen LogP contribution in [-0.4, -0.2) is 40.9 Å². The van der Waals surface area contributed by atoms with Crippen molar-refractivity contribution in [2.75, 3.05) is 19.6 Å². The first-order chi connectivity index (χ1) is 9.47. The lowest BCUT2D eigenvalue weighted by molar-refractivity contribution is 0.0527. The monoisotopic (exact) mass is 282 g/mol. The standard InChI is InChI=1S/C14H26N4O2/c1-14(2,3)20-13(19)17-8-4-6-15-7-5-10-18-11-9-16-12-18/h9,11-12,15H,4-8,10H2,1-3H3,(H,17,19). The summed E-state index contributed by atoms with van der Waals surface area (Å²) in [5.74, 6) is 0. The zero-order chi connectivity index (χ0) is 14.8. The van der Waals surface area contributed by atoms with Crippen LogP contribution in [0.15, 0.2) is 18.7 Å². The number of nitrogens with one attached hydrogen (secondary N) is 2. The number of aryl methyl sites for hydroxylation is 1. The lowest BCUT2D eigenvalue weighted by Gasteiger charge is -2.19. The minimum Gasteiger partial charge on any atom is -0.444 e. The zero-order valence-corrected chi connectivity index (χ0v) is 12.7. The zero-order valence-electron chi connectivity index (χ0n) is 12.7. The minimum absolute atomic E-state index is 0.349. The Morgan fingerprint density at radius 2 is 2.00 bits per heavy atom. The average Bonchev–Trinajstić information content (AvgIpc) is 2.83. The SMILES string of the molecule is CC(C)(C)OC(=O)NCCCNCCCn1ccnc1. The molecule has 0 fully saturated rings. The first-order valence-electron chi connectivity index (χ1n) is 7.11. The molecule has 6 nitrogen and oxygen atoms in total. The Labute approximate surface area is 120 Å². The van der Waals surface area contributed by atoms with E-state index in [2.05, 4.69) is 20.2 Å². The van der Waals surface area contributed by atoms with E-state index in [1.54, 1.807) is 6.20 Å². The van der Waals surface area contributed by atoms with Crippen LogP contribution >= 0.6 is 0 Å². The number of amides is 1. The second-order valence-corrected chi connectivity index (χ2v) is 5.69. The quantitative estimate of drug-likeness (QED) is 0.713. The van der Waals surface area contributed by atoms with Crippen molar-refractivity contribution in [2.45, 2.75) is 45.8 Å². The molecule has 1 rings (SSSR count). The minimum atomic E-state index is -0.435. The molecule has 1 amide bonds. The third-order valence-corrected chi connectivity index (χ3v) is 2.53. The van der Waals surface area contributed by atoms with Crippen LogP contribution in [0.1, 0.15) is 33.6 Å². The molecule has 0 aromatic carbocycles. The van der Waals surface area contributed by atoms with Gasteiger partial charge in [-0.25, -0.2) is 9.78 Å². The number of hydrogen-bond donors (Lipinski definition) is 2. The summed E-state index contributed by atoms with van der Waals surface area (Å²) in [4.78, 5) is 15.4. The number of rotatable bonds is 8. The van der Waals surface area contributed by atoms with Crippen LogP contribution in [0.3, 0.4) is 0 Å². The van der Waals surface area contributed by atoms with Gasteiger partial charge in [0.05, 0.1) is 6.33 Å². The Balaban J connectivity index is 1.88. The maximum Gasteiger partial charge on any atom is 0.407 e. The van der Waals surface area contributed by atoms with E-state index in [0.29, 0.717) is 6.54 Å². The van der Waals surface area contributed by atoms with Crippen LogP contribution < -0.4 is 10.6 Å². The summed E-state index contributed by atoms with van der Waals surface area (Å²) in [5.41, 5.74) is -0.435. The van der Waals surface area contributed by atoms with Crippen molar-refractivity contribution in [3.63, 3.8) is 0 Å². The molecule has 0 unspecified atom stereocenters. The molecule has 0 saturated heterocycles. The molecule has 1 heterocycles. The normalized spacial score (nSPS) is 11.3. The van der Waals surface area contributed by atoms with Gasteiger partial charge in [0.1, 0.15) is 5.60 Å². The summed E-state index contributed by atoms with van der Waals surface area (Å²) in [7, 11) is 0. The number of aromatic nitrogens is 2. The van der Waals surface area contributed by atoms with Crippen LogP contribution in [0.5, 0.6) is 0 Å². The van der Waals surface area contributed by atoms with E-state index in [4.69, 9.17) is 4.74 Å². The second-order valence-electron chi connectivity index (χ2n) is 5.69. The van der Waals surface area contributed by atoms with Crippen molar-refractivity contribution in [2.24, 2.45) is 0 Å². The number of carbonyl (C=O) groups excluding carboxylic acids is 1. The molecule has 0 atom stereocenters. The lowest BCUT2D eigenvalue weighted by Crippen LogP contribution is -2.34. The van der Waals surface area contributed by atoms with E-state index in [1.807, 2.05) is 33.3 Å². The number of hydrogen-bond acceptors (Lipinski definition) is 4. The van der Waals surface area contributed by atoms with Gasteiger partial charge in [-0.1, -0.05) is 0 Å². The molecule has 0 spiro atoms. The van der Waals surface area contributed by atoms with Crippen molar-refractivity contribution >= 4 is 6.09 Å². The molecular formula is C14H26N4O2. The Hall–Kier alpha value is -1.56. The summed E-state index contributed by atoms with van der Waals surface area (Å²) >= 11 is 0. The van der Waals surface area contributed by atoms with E-state index >= 15 is 0 Å². The first kappa shape index (κ1) is 16.5. The molecule has 0 radical (unpaired) electrons. The van der Waals surface area contributed by atoms with Gasteiger partial charge in [-0.15, -0.1) is 0 Å². The maximum absolute atomic E-state index is 11.4. The van der Waals surface area contributed by atoms with Crippen molar-refractivity contribution in [3.05, 3.63) is 18.7 Å². The number of nitrogens with zero attached hydrogens (tertiary/aromatic N) is 2. The van der Waals surface area contributed by atoms with Gasteiger partial charge >= 0.3 is 6.09 Å². The van der Waals surface area contributed by atoms with Crippen molar-refractivity contribution in [3.8, 4) is 0 Å². The van der Waals surface area contributed by atoms with Crippen LogP contribution in [0.25, 0.3) is 0 Å². The average molecular weight is 282 g/mol. The van der Waals surface area contributed by atoms with E-state index in [-0.39, 0.29) is 6.09 Å². The van der Waals surface area contributed by atoms with Crippen molar-refractivity contribution in [1.29, 1.82) is 0 Å². The molecule has 0 aliphatic rings. The maximum atomic E-state index is 11.4. The second kappa shape index (κ2) is 8.58. The number of carbonyl (C=O) groups is 1. The van der Waals surface area contributed by atoms with Crippen LogP contribution in [0.4, 0.5) is 4.79 Å². The fourth-order valence-corrected chi connectivity index (χ4v) is 1.65. The van der Waals surface area contributed by atoms with Gasteiger partial charge in [-0.05, 0) is 46.7 Å². The molecule has 0 aliphatic carbocycles. The van der Waals surface area contributed by atoms with E-state index in [0.717, 1.165) is 32.5 Å². The highest BCUT2D eigenvalue weighted by atomic mass is 16.6. The van der Waals surface area contributed by atoms with Crippen LogP contribution in [0, 0.1) is 0 Å². The summed E-state index contributed by atoms with van der Waals surface area (Å²) < 4.78 is 7.21. The molecular weight excluding hydrogens is 256 g/mol. The van der Waals surface area contributed by atoms with E-state index in [1.165, 1.54) is 0 Å². The van der Waals surface area contributed by atoms with Crippen molar-refractivity contribution < 1.29 is 9.53 Å². The first-order valence-corrected chi connectivity index (χ1v) is 7.11. The van der Waals surface area contributed by atoms with Gasteiger partial charge in [0.15, 0.2) is 0 Å². The summed E-state index contributed by atoms with van der Waals surface area (Å²) in [6, 6.07) is 0. The van der Waals surface area contributed by atoms with E-state index in [9.17, 15) is 4.79 Å².